The third-order valence-electron chi connectivity index (χ3n) is 4.89. The first-order valence-electron chi connectivity index (χ1n) is 9.47. The first-order valence-corrected chi connectivity index (χ1v) is 9.47. The summed E-state index contributed by atoms with van der Waals surface area (Å²) >= 11 is 0. The van der Waals surface area contributed by atoms with E-state index in [2.05, 4.69) is 15.4 Å². The number of rotatable bonds is 5. The molecule has 0 unspecified atom stereocenters. The normalized spacial score (nSPS) is 14.2. The van der Waals surface area contributed by atoms with Gasteiger partial charge in [0.25, 0.3) is 11.8 Å². The molecule has 1 aliphatic carbocycles. The number of methoxy groups -OCH3 is 1. The van der Waals surface area contributed by atoms with Crippen LogP contribution in [-0.2, 0) is 4.74 Å². The van der Waals surface area contributed by atoms with Crippen molar-refractivity contribution >= 4 is 23.5 Å². The number of carbonyl (C=O) groups excluding carboxylic acids is 3. The Morgan fingerprint density at radius 3 is 2.21 bits per heavy atom. The standard InChI is InChI=1S/C22H24N2O4/c1-28-22(27)17-7-5-6-16(14-17)21(26)24-19-12-10-15(11-13-19)20(25)23-18-8-3-2-4-9-18/h5-7,10-14,18H,2-4,8-9H2,1H3,(H,23,25)(H,24,26). The molecule has 0 atom stereocenters. The molecule has 2 aromatic carbocycles. The van der Waals surface area contributed by atoms with Gasteiger partial charge in [-0.15, -0.1) is 0 Å². The first kappa shape index (κ1) is 19.6. The Morgan fingerprint density at radius 2 is 1.54 bits per heavy atom. The Bertz CT molecular complexity index is 855. The van der Waals surface area contributed by atoms with E-state index in [1.807, 2.05) is 0 Å². The van der Waals surface area contributed by atoms with Gasteiger partial charge in [0.15, 0.2) is 0 Å². The summed E-state index contributed by atoms with van der Waals surface area (Å²) in [6.45, 7) is 0. The minimum Gasteiger partial charge on any atom is -0.465 e. The molecule has 6 nitrogen and oxygen atoms in total. The van der Waals surface area contributed by atoms with Crippen LogP contribution in [0.25, 0.3) is 0 Å². The van der Waals surface area contributed by atoms with Crippen LogP contribution >= 0.6 is 0 Å². The zero-order chi connectivity index (χ0) is 19.9. The highest BCUT2D eigenvalue weighted by atomic mass is 16.5. The van der Waals surface area contributed by atoms with Gasteiger partial charge in [-0.05, 0) is 55.3 Å². The van der Waals surface area contributed by atoms with Crippen LogP contribution in [0.5, 0.6) is 0 Å². The van der Waals surface area contributed by atoms with Gasteiger partial charge in [0.1, 0.15) is 0 Å². The molecule has 1 fully saturated rings. The molecule has 2 aromatic rings. The number of amides is 2. The maximum atomic E-state index is 12.4. The first-order chi connectivity index (χ1) is 13.6. The van der Waals surface area contributed by atoms with Crippen molar-refractivity contribution in [1.82, 2.24) is 5.32 Å². The lowest BCUT2D eigenvalue weighted by atomic mass is 9.95. The van der Waals surface area contributed by atoms with Crippen LogP contribution in [0.3, 0.4) is 0 Å². The highest BCUT2D eigenvalue weighted by Crippen LogP contribution is 2.18. The molecule has 1 aliphatic rings. The Morgan fingerprint density at radius 1 is 0.857 bits per heavy atom. The van der Waals surface area contributed by atoms with E-state index in [1.165, 1.54) is 19.6 Å². The molecule has 146 valence electrons. The maximum Gasteiger partial charge on any atom is 0.337 e. The Labute approximate surface area is 164 Å². The van der Waals surface area contributed by atoms with Crippen LogP contribution < -0.4 is 10.6 Å². The number of carbonyl (C=O) groups is 3. The molecular weight excluding hydrogens is 356 g/mol. The van der Waals surface area contributed by atoms with Crippen molar-refractivity contribution in [2.75, 3.05) is 12.4 Å². The molecule has 1 saturated carbocycles. The molecule has 3 rings (SSSR count). The SMILES string of the molecule is COC(=O)c1cccc(C(=O)Nc2ccc(C(=O)NC3CCCCC3)cc2)c1. The van der Waals surface area contributed by atoms with Crippen molar-refractivity contribution < 1.29 is 19.1 Å². The lowest BCUT2D eigenvalue weighted by molar-refractivity contribution is 0.0600. The summed E-state index contributed by atoms with van der Waals surface area (Å²) in [5.41, 5.74) is 1.80. The average Bonchev–Trinajstić information content (AvgIpc) is 2.74. The monoisotopic (exact) mass is 380 g/mol. The molecule has 6 heteroatoms. The minimum atomic E-state index is -0.497. The van der Waals surface area contributed by atoms with E-state index in [9.17, 15) is 14.4 Å². The molecule has 0 spiro atoms. The van der Waals surface area contributed by atoms with E-state index in [4.69, 9.17) is 0 Å². The number of hydrogen-bond donors (Lipinski definition) is 2. The maximum absolute atomic E-state index is 12.4. The van der Waals surface area contributed by atoms with E-state index < -0.39 is 5.97 Å². The fourth-order valence-corrected chi connectivity index (χ4v) is 3.33. The van der Waals surface area contributed by atoms with E-state index in [-0.39, 0.29) is 17.9 Å². The van der Waals surface area contributed by atoms with E-state index >= 15 is 0 Å². The van der Waals surface area contributed by atoms with Gasteiger partial charge in [-0.1, -0.05) is 25.3 Å². The van der Waals surface area contributed by atoms with Crippen molar-refractivity contribution in [1.29, 1.82) is 0 Å². The van der Waals surface area contributed by atoms with Crippen molar-refractivity contribution in [3.63, 3.8) is 0 Å². The topological polar surface area (TPSA) is 84.5 Å². The van der Waals surface area contributed by atoms with Crippen molar-refractivity contribution in [3.8, 4) is 0 Å². The Hall–Kier alpha value is -3.15. The highest BCUT2D eigenvalue weighted by molar-refractivity contribution is 6.06. The van der Waals surface area contributed by atoms with Crippen LogP contribution in [-0.4, -0.2) is 30.9 Å². The van der Waals surface area contributed by atoms with Crippen LogP contribution in [0.1, 0.15) is 63.2 Å². The molecule has 0 heterocycles. The second kappa shape index (κ2) is 9.17. The third-order valence-corrected chi connectivity index (χ3v) is 4.89. The van der Waals surface area contributed by atoms with E-state index in [1.54, 1.807) is 42.5 Å². The van der Waals surface area contributed by atoms with Crippen molar-refractivity contribution in [2.24, 2.45) is 0 Å². The summed E-state index contributed by atoms with van der Waals surface area (Å²) < 4.78 is 4.67. The van der Waals surface area contributed by atoms with Crippen molar-refractivity contribution in [3.05, 3.63) is 65.2 Å². The number of esters is 1. The van der Waals surface area contributed by atoms with Gasteiger partial charge in [0, 0.05) is 22.9 Å². The van der Waals surface area contributed by atoms with Gasteiger partial charge in [-0.2, -0.15) is 0 Å². The number of hydrogen-bond acceptors (Lipinski definition) is 4. The molecular formula is C22H24N2O4. The third kappa shape index (κ3) is 4.97. The largest absolute Gasteiger partial charge is 0.465 e. The van der Waals surface area contributed by atoms with Gasteiger partial charge in [-0.3, -0.25) is 9.59 Å². The lowest BCUT2D eigenvalue weighted by Crippen LogP contribution is -2.36. The van der Waals surface area contributed by atoms with Crippen LogP contribution in [0.2, 0.25) is 0 Å². The number of benzene rings is 2. The smallest absolute Gasteiger partial charge is 0.337 e. The summed E-state index contributed by atoms with van der Waals surface area (Å²) in [4.78, 5) is 36.4. The number of nitrogens with one attached hydrogen (secondary N) is 2. The fraction of sp³-hybridized carbons (Fsp3) is 0.318. The van der Waals surface area contributed by atoms with Gasteiger partial charge >= 0.3 is 5.97 Å². The van der Waals surface area contributed by atoms with Gasteiger partial charge in [0.05, 0.1) is 12.7 Å². The summed E-state index contributed by atoms with van der Waals surface area (Å²) in [6, 6.07) is 13.3. The highest BCUT2D eigenvalue weighted by Gasteiger charge is 2.17. The Balaban J connectivity index is 1.61. The lowest BCUT2D eigenvalue weighted by Gasteiger charge is -2.22. The number of anilines is 1. The summed E-state index contributed by atoms with van der Waals surface area (Å²) in [5.74, 6) is -0.927. The van der Waals surface area contributed by atoms with Crippen molar-refractivity contribution in [2.45, 2.75) is 38.1 Å². The van der Waals surface area contributed by atoms with E-state index in [0.717, 1.165) is 25.7 Å². The summed E-state index contributed by atoms with van der Waals surface area (Å²) in [7, 11) is 1.29. The molecule has 2 amide bonds. The predicted molar refractivity (Wildman–Crippen MR) is 107 cm³/mol. The molecule has 0 bridgehead atoms. The number of ether oxygens (including phenoxy) is 1. The predicted octanol–water partition coefficient (Wildman–Crippen LogP) is 3.79. The van der Waals surface area contributed by atoms with Crippen LogP contribution in [0.15, 0.2) is 48.5 Å². The molecule has 0 aromatic heterocycles. The minimum absolute atomic E-state index is 0.0874. The quantitative estimate of drug-likeness (QED) is 0.773. The zero-order valence-electron chi connectivity index (χ0n) is 15.9. The fourth-order valence-electron chi connectivity index (χ4n) is 3.33. The molecule has 0 saturated heterocycles. The summed E-state index contributed by atoms with van der Waals surface area (Å²) in [6.07, 6.45) is 5.62. The Kier molecular flexibility index (Phi) is 6.42. The molecule has 0 aliphatic heterocycles. The summed E-state index contributed by atoms with van der Waals surface area (Å²) in [5, 5.41) is 5.84. The van der Waals surface area contributed by atoms with Crippen LogP contribution in [0, 0.1) is 0 Å². The molecule has 0 radical (unpaired) electrons. The second-order valence-corrected chi connectivity index (χ2v) is 6.91. The average molecular weight is 380 g/mol. The second-order valence-electron chi connectivity index (χ2n) is 6.91. The van der Waals surface area contributed by atoms with Gasteiger partial charge in [0.2, 0.25) is 0 Å². The van der Waals surface area contributed by atoms with E-state index in [0.29, 0.717) is 22.4 Å². The molecule has 28 heavy (non-hydrogen) atoms. The van der Waals surface area contributed by atoms with Crippen LogP contribution in [0.4, 0.5) is 5.69 Å². The zero-order valence-corrected chi connectivity index (χ0v) is 15.9. The molecule has 2 N–H and O–H groups in total. The van der Waals surface area contributed by atoms with Gasteiger partial charge < -0.3 is 15.4 Å². The van der Waals surface area contributed by atoms with Gasteiger partial charge in [-0.25, -0.2) is 4.79 Å².